The predicted molar refractivity (Wildman–Crippen MR) is 129 cm³/mol. The maximum Gasteiger partial charge on any atom is 0.251 e. The summed E-state index contributed by atoms with van der Waals surface area (Å²) in [7, 11) is 0. The average molecular weight is 468 g/mol. The van der Waals surface area contributed by atoms with E-state index in [4.69, 9.17) is 23.2 Å². The van der Waals surface area contributed by atoms with Gasteiger partial charge in [0.2, 0.25) is 0 Å². The number of nitrogens with one attached hydrogen (secondary N) is 3. The SMILES string of the molecule is Cc1ccncc1-c1cc(CNC2=NCCN2)cc(C(=O)NCc2ccc(Cl)c(Cl)c2)c1. The van der Waals surface area contributed by atoms with Gasteiger partial charge in [0.15, 0.2) is 5.96 Å². The highest BCUT2D eigenvalue weighted by Crippen LogP contribution is 2.26. The monoisotopic (exact) mass is 467 g/mol. The fourth-order valence-corrected chi connectivity index (χ4v) is 3.80. The van der Waals surface area contributed by atoms with Crippen molar-refractivity contribution in [3.8, 4) is 11.1 Å². The molecule has 0 unspecified atom stereocenters. The lowest BCUT2D eigenvalue weighted by Crippen LogP contribution is -2.33. The van der Waals surface area contributed by atoms with Crippen LogP contribution in [-0.4, -0.2) is 29.9 Å². The van der Waals surface area contributed by atoms with Gasteiger partial charge in [-0.2, -0.15) is 0 Å². The van der Waals surface area contributed by atoms with Gasteiger partial charge in [0.1, 0.15) is 0 Å². The topological polar surface area (TPSA) is 78.4 Å². The van der Waals surface area contributed by atoms with E-state index in [0.29, 0.717) is 28.7 Å². The number of carbonyl (C=O) groups is 1. The van der Waals surface area contributed by atoms with E-state index in [1.807, 2.05) is 37.4 Å². The Hall–Kier alpha value is -3.09. The fraction of sp³-hybridized carbons (Fsp3) is 0.208. The van der Waals surface area contributed by atoms with Crippen LogP contribution >= 0.6 is 23.2 Å². The zero-order valence-electron chi connectivity index (χ0n) is 17.6. The third-order valence-corrected chi connectivity index (χ3v) is 5.92. The molecule has 0 fully saturated rings. The largest absolute Gasteiger partial charge is 0.355 e. The summed E-state index contributed by atoms with van der Waals surface area (Å²) in [6.45, 7) is 4.52. The molecule has 3 N–H and O–H groups in total. The molecule has 0 atom stereocenters. The lowest BCUT2D eigenvalue weighted by molar-refractivity contribution is 0.0951. The minimum atomic E-state index is -0.169. The van der Waals surface area contributed by atoms with Crippen LogP contribution < -0.4 is 16.0 Å². The van der Waals surface area contributed by atoms with Crippen molar-refractivity contribution in [3.05, 3.63) is 87.2 Å². The predicted octanol–water partition coefficient (Wildman–Crippen LogP) is 4.34. The summed E-state index contributed by atoms with van der Waals surface area (Å²) < 4.78 is 0. The molecule has 1 aliphatic heterocycles. The van der Waals surface area contributed by atoms with E-state index in [0.717, 1.165) is 46.9 Å². The second-order valence-corrected chi connectivity index (χ2v) is 8.37. The summed E-state index contributed by atoms with van der Waals surface area (Å²) >= 11 is 12.1. The van der Waals surface area contributed by atoms with Gasteiger partial charge in [0.05, 0.1) is 16.6 Å². The Bertz CT molecular complexity index is 1180. The zero-order chi connectivity index (χ0) is 22.5. The number of aryl methyl sites for hydroxylation is 1. The number of aromatic nitrogens is 1. The maximum atomic E-state index is 13.0. The van der Waals surface area contributed by atoms with Gasteiger partial charge in [-0.05, 0) is 65.6 Å². The highest BCUT2D eigenvalue weighted by Gasteiger charge is 2.13. The van der Waals surface area contributed by atoms with Crippen molar-refractivity contribution in [1.82, 2.24) is 20.9 Å². The Labute approximate surface area is 197 Å². The quantitative estimate of drug-likeness (QED) is 0.503. The summed E-state index contributed by atoms with van der Waals surface area (Å²) in [4.78, 5) is 21.6. The highest BCUT2D eigenvalue weighted by molar-refractivity contribution is 6.42. The lowest BCUT2D eigenvalue weighted by atomic mass is 9.97. The smallest absolute Gasteiger partial charge is 0.251 e. The number of hydrogen-bond donors (Lipinski definition) is 3. The highest BCUT2D eigenvalue weighted by atomic mass is 35.5. The van der Waals surface area contributed by atoms with Crippen LogP contribution in [0.1, 0.15) is 27.0 Å². The first-order chi connectivity index (χ1) is 15.5. The molecule has 0 saturated heterocycles. The first kappa shape index (κ1) is 22.1. The van der Waals surface area contributed by atoms with E-state index in [1.165, 1.54) is 0 Å². The molecule has 2 aromatic carbocycles. The van der Waals surface area contributed by atoms with Gasteiger partial charge in [-0.3, -0.25) is 14.8 Å². The number of benzene rings is 2. The molecular weight excluding hydrogens is 445 g/mol. The van der Waals surface area contributed by atoms with Crippen LogP contribution in [-0.2, 0) is 13.1 Å². The second kappa shape index (κ2) is 10.0. The van der Waals surface area contributed by atoms with Crippen LogP contribution in [0.2, 0.25) is 10.0 Å². The molecule has 1 aromatic heterocycles. The van der Waals surface area contributed by atoms with Crippen LogP contribution in [0.3, 0.4) is 0 Å². The van der Waals surface area contributed by atoms with Crippen molar-refractivity contribution < 1.29 is 4.79 Å². The number of nitrogens with zero attached hydrogens (tertiary/aromatic N) is 2. The average Bonchev–Trinajstić information content (AvgIpc) is 3.32. The van der Waals surface area contributed by atoms with Crippen LogP contribution in [0.4, 0.5) is 0 Å². The van der Waals surface area contributed by atoms with Gasteiger partial charge in [-0.15, -0.1) is 0 Å². The van der Waals surface area contributed by atoms with Gasteiger partial charge < -0.3 is 16.0 Å². The van der Waals surface area contributed by atoms with E-state index in [1.54, 1.807) is 18.3 Å². The fourth-order valence-electron chi connectivity index (χ4n) is 3.48. The maximum absolute atomic E-state index is 13.0. The van der Waals surface area contributed by atoms with Gasteiger partial charge in [-0.1, -0.05) is 29.3 Å². The molecule has 3 aromatic rings. The Morgan fingerprint density at radius 1 is 1.06 bits per heavy atom. The number of guanidine groups is 1. The van der Waals surface area contributed by atoms with Gasteiger partial charge in [-0.25, -0.2) is 0 Å². The Morgan fingerprint density at radius 3 is 2.69 bits per heavy atom. The molecule has 0 aliphatic carbocycles. The molecule has 164 valence electrons. The number of amides is 1. The molecule has 32 heavy (non-hydrogen) atoms. The standard InChI is InChI=1S/C24H23Cl2N5O/c1-15-4-5-27-14-20(15)18-8-17(13-31-24-28-6-7-29-24)9-19(11-18)23(32)30-12-16-2-3-21(25)22(26)10-16/h2-5,8-11,14H,6-7,12-13H2,1H3,(H,30,32)(H2,28,29,31). The van der Waals surface area contributed by atoms with E-state index < -0.39 is 0 Å². The number of carbonyl (C=O) groups excluding carboxylic acids is 1. The van der Waals surface area contributed by atoms with E-state index in [-0.39, 0.29) is 5.91 Å². The first-order valence-corrected chi connectivity index (χ1v) is 11.0. The number of aliphatic imine (C=N–C) groups is 1. The molecule has 0 bridgehead atoms. The second-order valence-electron chi connectivity index (χ2n) is 7.55. The normalized spacial score (nSPS) is 12.8. The molecule has 4 rings (SSSR count). The van der Waals surface area contributed by atoms with E-state index in [9.17, 15) is 4.79 Å². The minimum absolute atomic E-state index is 0.169. The molecule has 0 saturated carbocycles. The van der Waals surface area contributed by atoms with Crippen molar-refractivity contribution in [2.75, 3.05) is 13.1 Å². The van der Waals surface area contributed by atoms with E-state index in [2.05, 4.69) is 32.0 Å². The summed E-state index contributed by atoms with van der Waals surface area (Å²) in [6.07, 6.45) is 3.58. The van der Waals surface area contributed by atoms with Gasteiger partial charge >= 0.3 is 0 Å². The van der Waals surface area contributed by atoms with Crippen LogP contribution in [0.25, 0.3) is 11.1 Å². The van der Waals surface area contributed by atoms with Crippen molar-refractivity contribution in [2.24, 2.45) is 4.99 Å². The number of hydrogen-bond acceptors (Lipinski definition) is 5. The molecule has 0 radical (unpaired) electrons. The van der Waals surface area contributed by atoms with Crippen LogP contribution in [0.5, 0.6) is 0 Å². The molecule has 8 heteroatoms. The molecule has 0 spiro atoms. The van der Waals surface area contributed by atoms with Crippen molar-refractivity contribution in [3.63, 3.8) is 0 Å². The minimum Gasteiger partial charge on any atom is -0.355 e. The summed E-state index contributed by atoms with van der Waals surface area (Å²) in [5.74, 6) is 0.607. The van der Waals surface area contributed by atoms with Crippen molar-refractivity contribution in [2.45, 2.75) is 20.0 Å². The molecule has 6 nitrogen and oxygen atoms in total. The first-order valence-electron chi connectivity index (χ1n) is 10.3. The molecule has 1 aliphatic rings. The summed E-state index contributed by atoms with van der Waals surface area (Å²) in [5, 5.41) is 10.4. The molecule has 2 heterocycles. The van der Waals surface area contributed by atoms with Crippen LogP contribution in [0, 0.1) is 6.92 Å². The Balaban J connectivity index is 1.58. The molecular formula is C24H23Cl2N5O. The zero-order valence-corrected chi connectivity index (χ0v) is 19.1. The third kappa shape index (κ3) is 5.39. The Kier molecular flexibility index (Phi) is 6.93. The van der Waals surface area contributed by atoms with Crippen LogP contribution in [0.15, 0.2) is 59.9 Å². The van der Waals surface area contributed by atoms with Gasteiger partial charge in [0.25, 0.3) is 5.91 Å². The lowest BCUT2D eigenvalue weighted by Gasteiger charge is -2.13. The number of pyridine rings is 1. The molecule has 1 amide bonds. The van der Waals surface area contributed by atoms with Gasteiger partial charge in [0, 0.05) is 43.2 Å². The summed E-state index contributed by atoms with van der Waals surface area (Å²) in [5.41, 5.74) is 5.44. The van der Waals surface area contributed by atoms with Crippen molar-refractivity contribution in [1.29, 1.82) is 0 Å². The Morgan fingerprint density at radius 2 is 1.94 bits per heavy atom. The number of rotatable bonds is 6. The van der Waals surface area contributed by atoms with E-state index >= 15 is 0 Å². The summed E-state index contributed by atoms with van der Waals surface area (Å²) in [6, 6.07) is 13.1. The third-order valence-electron chi connectivity index (χ3n) is 5.18. The van der Waals surface area contributed by atoms with Crippen molar-refractivity contribution >= 4 is 35.1 Å². The number of halogens is 2.